The van der Waals surface area contributed by atoms with E-state index in [1.54, 1.807) is 52.3 Å². The molecule has 1 aliphatic rings. The lowest BCUT2D eigenvalue weighted by molar-refractivity contribution is -0.134. The van der Waals surface area contributed by atoms with Gasteiger partial charge in [0.05, 0.1) is 24.1 Å². The van der Waals surface area contributed by atoms with Gasteiger partial charge in [-0.15, -0.1) is 0 Å². The minimum atomic E-state index is -1.35. The first-order chi connectivity index (χ1) is 18.8. The molecular weight excluding hydrogens is 505 g/mol. The smallest absolute Gasteiger partial charge is 0.361 e. The number of aromatic nitrogens is 4. The van der Waals surface area contributed by atoms with Crippen molar-refractivity contribution in [2.24, 2.45) is 0 Å². The van der Waals surface area contributed by atoms with Crippen molar-refractivity contribution in [2.45, 2.75) is 19.1 Å². The van der Waals surface area contributed by atoms with E-state index in [0.29, 0.717) is 35.6 Å². The van der Waals surface area contributed by atoms with Gasteiger partial charge in [0.2, 0.25) is 12.0 Å². The zero-order valence-corrected chi connectivity index (χ0v) is 20.8. The lowest BCUT2D eigenvalue weighted by Gasteiger charge is -2.38. The molecule has 3 heterocycles. The molecule has 3 N–H and O–H groups in total. The number of carbonyl (C=O) groups is 3. The highest BCUT2D eigenvalue weighted by molar-refractivity contribution is 5.99. The van der Waals surface area contributed by atoms with E-state index < -0.39 is 23.8 Å². The lowest BCUT2D eigenvalue weighted by Crippen LogP contribution is -2.49. The fourth-order valence-corrected chi connectivity index (χ4v) is 4.04. The lowest BCUT2D eigenvalue weighted by atomic mass is 10.1. The van der Waals surface area contributed by atoms with Crippen molar-refractivity contribution in [3.8, 4) is 11.3 Å². The number of rotatable bonds is 7. The number of amides is 2. The maximum Gasteiger partial charge on any atom is 0.361 e. The van der Waals surface area contributed by atoms with Crippen LogP contribution in [0.5, 0.6) is 0 Å². The first kappa shape index (κ1) is 25.5. The number of ether oxygens (including phenoxy) is 1. The number of esters is 1. The first-order valence-corrected chi connectivity index (χ1v) is 12.0. The molecule has 2 aromatic carbocycles. The SMILES string of the molecule is CC(=O)N1CC(n2cc(-c3cnc(N)c(C(=O)O[C@@H](C(=O)Nc4ccc(F)cc4)c4ccccc4)n3)cn2)C1. The molecule has 198 valence electrons. The Kier molecular flexibility index (Phi) is 7.00. The second kappa shape index (κ2) is 10.7. The van der Waals surface area contributed by atoms with Crippen LogP contribution in [0, 0.1) is 5.82 Å². The van der Waals surface area contributed by atoms with Crippen molar-refractivity contribution in [1.29, 1.82) is 0 Å². The molecule has 1 aliphatic heterocycles. The molecule has 2 aromatic heterocycles. The van der Waals surface area contributed by atoms with Crippen LogP contribution in [0.25, 0.3) is 11.3 Å². The molecule has 0 bridgehead atoms. The van der Waals surface area contributed by atoms with Gasteiger partial charge in [0.15, 0.2) is 11.5 Å². The average molecular weight is 530 g/mol. The van der Waals surface area contributed by atoms with E-state index in [4.69, 9.17) is 10.5 Å². The maximum atomic E-state index is 13.3. The van der Waals surface area contributed by atoms with Crippen molar-refractivity contribution in [1.82, 2.24) is 24.6 Å². The van der Waals surface area contributed by atoms with E-state index in [9.17, 15) is 18.8 Å². The Labute approximate surface area is 222 Å². The van der Waals surface area contributed by atoms with Crippen LogP contribution in [-0.2, 0) is 14.3 Å². The molecule has 0 radical (unpaired) electrons. The van der Waals surface area contributed by atoms with Crippen LogP contribution in [0.4, 0.5) is 15.9 Å². The molecule has 11 nitrogen and oxygen atoms in total. The number of halogens is 1. The summed E-state index contributed by atoms with van der Waals surface area (Å²) in [6.07, 6.45) is 3.39. The van der Waals surface area contributed by atoms with E-state index in [2.05, 4.69) is 20.4 Å². The van der Waals surface area contributed by atoms with Gasteiger partial charge in [-0.05, 0) is 24.3 Å². The number of anilines is 2. The van der Waals surface area contributed by atoms with Gasteiger partial charge in [-0.2, -0.15) is 5.10 Å². The molecule has 0 saturated carbocycles. The van der Waals surface area contributed by atoms with E-state index in [1.165, 1.54) is 37.4 Å². The Morgan fingerprint density at radius 1 is 1.08 bits per heavy atom. The molecule has 5 rings (SSSR count). The van der Waals surface area contributed by atoms with Gasteiger partial charge in [-0.3, -0.25) is 14.3 Å². The summed E-state index contributed by atoms with van der Waals surface area (Å²) < 4.78 is 20.6. The summed E-state index contributed by atoms with van der Waals surface area (Å²) in [5.41, 5.74) is 7.35. The predicted octanol–water partition coefficient (Wildman–Crippen LogP) is 3.00. The third-order valence-electron chi connectivity index (χ3n) is 6.25. The third-order valence-corrected chi connectivity index (χ3v) is 6.25. The molecule has 0 aliphatic carbocycles. The van der Waals surface area contributed by atoms with Crippen molar-refractivity contribution < 1.29 is 23.5 Å². The summed E-state index contributed by atoms with van der Waals surface area (Å²) in [6.45, 7) is 2.63. The molecule has 0 spiro atoms. The fraction of sp³-hybridized carbons (Fsp3) is 0.185. The molecule has 2 amide bonds. The third kappa shape index (κ3) is 5.59. The van der Waals surface area contributed by atoms with Crippen LogP contribution < -0.4 is 11.1 Å². The van der Waals surface area contributed by atoms with Crippen LogP contribution in [0.1, 0.15) is 35.1 Å². The van der Waals surface area contributed by atoms with Gasteiger partial charge in [-0.1, -0.05) is 30.3 Å². The number of nitrogens with zero attached hydrogens (tertiary/aromatic N) is 5. The number of benzene rings is 2. The zero-order chi connectivity index (χ0) is 27.5. The predicted molar refractivity (Wildman–Crippen MR) is 139 cm³/mol. The Morgan fingerprint density at radius 3 is 2.49 bits per heavy atom. The number of nitrogen functional groups attached to an aromatic ring is 1. The van der Waals surface area contributed by atoms with Gasteiger partial charge in [0.25, 0.3) is 5.91 Å². The summed E-state index contributed by atoms with van der Waals surface area (Å²) in [7, 11) is 0. The van der Waals surface area contributed by atoms with Crippen LogP contribution in [0.3, 0.4) is 0 Å². The van der Waals surface area contributed by atoms with Crippen LogP contribution in [0.2, 0.25) is 0 Å². The van der Waals surface area contributed by atoms with Crippen LogP contribution in [-0.4, -0.2) is 55.5 Å². The fourth-order valence-electron chi connectivity index (χ4n) is 4.04. The topological polar surface area (TPSA) is 145 Å². The summed E-state index contributed by atoms with van der Waals surface area (Å²) in [6, 6.07) is 13.7. The molecule has 4 aromatic rings. The van der Waals surface area contributed by atoms with Gasteiger partial charge in [0.1, 0.15) is 5.82 Å². The maximum absolute atomic E-state index is 13.3. The van der Waals surface area contributed by atoms with Gasteiger partial charge >= 0.3 is 5.97 Å². The van der Waals surface area contributed by atoms with Crippen molar-refractivity contribution in [3.63, 3.8) is 0 Å². The van der Waals surface area contributed by atoms with E-state index in [0.717, 1.165) is 0 Å². The first-order valence-electron chi connectivity index (χ1n) is 12.0. The minimum Gasteiger partial charge on any atom is -0.442 e. The second-order valence-electron chi connectivity index (χ2n) is 8.97. The normalized spacial score (nSPS) is 13.8. The Balaban J connectivity index is 1.36. The number of likely N-dealkylation sites (tertiary alicyclic amines) is 1. The molecule has 39 heavy (non-hydrogen) atoms. The Morgan fingerprint density at radius 2 is 1.79 bits per heavy atom. The molecule has 1 atom stereocenters. The number of carbonyl (C=O) groups excluding carboxylic acids is 3. The molecular formula is C27H24FN7O4. The molecule has 12 heteroatoms. The highest BCUT2D eigenvalue weighted by atomic mass is 19.1. The monoisotopic (exact) mass is 529 g/mol. The highest BCUT2D eigenvalue weighted by Crippen LogP contribution is 2.26. The molecule has 0 unspecified atom stereocenters. The van der Waals surface area contributed by atoms with Crippen LogP contribution >= 0.6 is 0 Å². The van der Waals surface area contributed by atoms with E-state index in [-0.39, 0.29) is 23.5 Å². The summed E-state index contributed by atoms with van der Waals surface area (Å²) in [5.74, 6) is -2.22. The number of hydrogen-bond acceptors (Lipinski definition) is 8. The van der Waals surface area contributed by atoms with Crippen molar-refractivity contribution in [2.75, 3.05) is 24.1 Å². The van der Waals surface area contributed by atoms with Gasteiger partial charge < -0.3 is 20.7 Å². The van der Waals surface area contributed by atoms with Crippen molar-refractivity contribution in [3.05, 3.63) is 90.3 Å². The molecule has 1 fully saturated rings. The largest absolute Gasteiger partial charge is 0.442 e. The van der Waals surface area contributed by atoms with Gasteiger partial charge in [-0.25, -0.2) is 19.2 Å². The number of hydrogen-bond donors (Lipinski definition) is 2. The quantitative estimate of drug-likeness (QED) is 0.348. The van der Waals surface area contributed by atoms with E-state index in [1.807, 2.05) is 0 Å². The van der Waals surface area contributed by atoms with Crippen molar-refractivity contribution >= 4 is 29.3 Å². The summed E-state index contributed by atoms with van der Waals surface area (Å²) in [5, 5.41) is 6.97. The summed E-state index contributed by atoms with van der Waals surface area (Å²) >= 11 is 0. The average Bonchev–Trinajstić information content (AvgIpc) is 3.37. The minimum absolute atomic E-state index is 0.00587. The number of nitrogens with two attached hydrogens (primary N) is 1. The Hall–Kier alpha value is -5.13. The van der Waals surface area contributed by atoms with Crippen LogP contribution in [0.15, 0.2) is 73.2 Å². The Bertz CT molecular complexity index is 1520. The zero-order valence-electron chi connectivity index (χ0n) is 20.8. The standard InChI is InChI=1S/C27H24FN7O4/c1-16(36)34-14-21(15-34)35-13-18(11-31-35)22-12-30-25(29)23(33-22)27(38)39-24(17-5-3-2-4-6-17)26(37)32-20-9-7-19(28)8-10-20/h2-13,21,24H,14-15H2,1H3,(H2,29,30)(H,32,37)/t24-/m1/s1. The van der Waals surface area contributed by atoms with Gasteiger partial charge in [0, 0.05) is 43.0 Å². The summed E-state index contributed by atoms with van der Waals surface area (Å²) in [4.78, 5) is 47.9. The van der Waals surface area contributed by atoms with E-state index >= 15 is 0 Å². The number of nitrogens with one attached hydrogen (secondary N) is 1. The molecule has 1 saturated heterocycles. The second-order valence-corrected chi connectivity index (χ2v) is 8.97. The highest BCUT2D eigenvalue weighted by Gasteiger charge is 2.31.